The van der Waals surface area contributed by atoms with Crippen molar-refractivity contribution in [3.8, 4) is 0 Å². The van der Waals surface area contributed by atoms with Crippen LogP contribution < -0.4 is 11.1 Å². The minimum Gasteiger partial charge on any atom is -0.395 e. The lowest BCUT2D eigenvalue weighted by molar-refractivity contribution is -0.134. The van der Waals surface area contributed by atoms with Gasteiger partial charge in [0.15, 0.2) is 0 Å². The maximum absolute atomic E-state index is 12.1. The Bertz CT molecular complexity index is 279. The normalized spacial score (nSPS) is 12.0. The molecule has 6 nitrogen and oxygen atoms in total. The third kappa shape index (κ3) is 5.35. The van der Waals surface area contributed by atoms with E-state index < -0.39 is 12.1 Å². The summed E-state index contributed by atoms with van der Waals surface area (Å²) in [6, 6.07) is -1.42. The molecule has 0 aromatic carbocycles. The molecule has 0 radical (unpaired) electrons. The summed E-state index contributed by atoms with van der Waals surface area (Å²) in [6.07, 6.45) is 1.56. The maximum Gasteiger partial charge on any atom is 0.312 e. The molecule has 0 rings (SSSR count). The quantitative estimate of drug-likeness (QED) is 0.535. The van der Waals surface area contributed by atoms with Crippen molar-refractivity contribution >= 4 is 11.9 Å². The Morgan fingerprint density at radius 3 is 2.47 bits per heavy atom. The van der Waals surface area contributed by atoms with Crippen molar-refractivity contribution in [3.63, 3.8) is 0 Å². The number of hydrogen-bond acceptors (Lipinski definition) is 3. The van der Waals surface area contributed by atoms with E-state index in [1.54, 1.807) is 6.08 Å². The third-order valence-electron chi connectivity index (χ3n) is 2.26. The van der Waals surface area contributed by atoms with E-state index in [0.717, 1.165) is 0 Å². The van der Waals surface area contributed by atoms with Crippen LogP contribution >= 0.6 is 0 Å². The second kappa shape index (κ2) is 7.67. The van der Waals surface area contributed by atoms with Gasteiger partial charge in [-0.2, -0.15) is 0 Å². The van der Waals surface area contributed by atoms with Gasteiger partial charge in [-0.1, -0.05) is 19.9 Å². The zero-order valence-corrected chi connectivity index (χ0v) is 10.3. The van der Waals surface area contributed by atoms with Crippen molar-refractivity contribution in [1.82, 2.24) is 10.2 Å². The Hall–Kier alpha value is -1.56. The van der Waals surface area contributed by atoms with Crippen LogP contribution in [0.5, 0.6) is 0 Å². The van der Waals surface area contributed by atoms with Crippen LogP contribution in [-0.2, 0) is 4.79 Å². The molecule has 0 aromatic heterocycles. The van der Waals surface area contributed by atoms with E-state index in [-0.39, 0.29) is 25.0 Å². The number of primary amides is 1. The van der Waals surface area contributed by atoms with Gasteiger partial charge in [0, 0.05) is 13.1 Å². The number of aliphatic hydroxyl groups excluding tert-OH is 1. The van der Waals surface area contributed by atoms with Gasteiger partial charge in [0.05, 0.1) is 6.61 Å². The Balaban J connectivity index is 4.75. The fourth-order valence-corrected chi connectivity index (χ4v) is 1.43. The summed E-state index contributed by atoms with van der Waals surface area (Å²) in [6.45, 7) is 7.55. The number of hydrogen-bond donors (Lipinski definition) is 3. The van der Waals surface area contributed by atoms with E-state index in [9.17, 15) is 9.59 Å². The first-order valence-corrected chi connectivity index (χ1v) is 5.50. The highest BCUT2D eigenvalue weighted by Gasteiger charge is 2.27. The molecular weight excluding hydrogens is 222 g/mol. The zero-order chi connectivity index (χ0) is 13.4. The molecule has 98 valence electrons. The fraction of sp³-hybridized carbons (Fsp3) is 0.636. The molecule has 0 saturated carbocycles. The van der Waals surface area contributed by atoms with Gasteiger partial charge in [-0.15, -0.1) is 6.58 Å². The van der Waals surface area contributed by atoms with E-state index in [1.807, 2.05) is 13.8 Å². The summed E-state index contributed by atoms with van der Waals surface area (Å²) in [4.78, 5) is 24.3. The Morgan fingerprint density at radius 1 is 1.53 bits per heavy atom. The predicted octanol–water partition coefficient (Wildman–Crippen LogP) is -0.314. The molecule has 4 N–H and O–H groups in total. The van der Waals surface area contributed by atoms with Crippen LogP contribution in [0.3, 0.4) is 0 Å². The number of nitrogens with one attached hydrogen (secondary N) is 1. The van der Waals surface area contributed by atoms with E-state index in [4.69, 9.17) is 10.8 Å². The second-order valence-electron chi connectivity index (χ2n) is 4.03. The van der Waals surface area contributed by atoms with Crippen LogP contribution in [0.2, 0.25) is 0 Å². The van der Waals surface area contributed by atoms with Crippen molar-refractivity contribution < 1.29 is 14.7 Å². The first-order valence-electron chi connectivity index (χ1n) is 5.50. The second-order valence-corrected chi connectivity index (χ2v) is 4.03. The van der Waals surface area contributed by atoms with Crippen molar-refractivity contribution in [1.29, 1.82) is 0 Å². The average Bonchev–Trinajstić information content (AvgIpc) is 2.24. The van der Waals surface area contributed by atoms with Gasteiger partial charge < -0.3 is 21.1 Å². The minimum absolute atomic E-state index is 0.0824. The molecule has 17 heavy (non-hydrogen) atoms. The molecule has 0 spiro atoms. The standard InChI is InChI=1S/C11H21N3O3/c1-4-5-14(6-7-15)10(16)9(8(2)3)13-11(12)17/h4,8-9,15H,1,5-7H2,2-3H3,(H3,12,13,17). The van der Waals surface area contributed by atoms with Crippen LogP contribution in [0.4, 0.5) is 4.79 Å². The molecule has 0 aliphatic rings. The summed E-state index contributed by atoms with van der Waals surface area (Å²) in [5.41, 5.74) is 5.03. The molecule has 3 amide bonds. The Labute approximate surface area is 101 Å². The van der Waals surface area contributed by atoms with Gasteiger partial charge in [-0.05, 0) is 5.92 Å². The number of nitrogens with two attached hydrogens (primary N) is 1. The predicted molar refractivity (Wildman–Crippen MR) is 65.2 cm³/mol. The lowest BCUT2D eigenvalue weighted by Gasteiger charge is -2.28. The highest BCUT2D eigenvalue weighted by Crippen LogP contribution is 2.06. The SMILES string of the molecule is C=CCN(CCO)C(=O)C(NC(N)=O)C(C)C. The molecule has 0 aromatic rings. The van der Waals surface area contributed by atoms with E-state index >= 15 is 0 Å². The number of urea groups is 1. The molecule has 0 saturated heterocycles. The van der Waals surface area contributed by atoms with E-state index in [1.165, 1.54) is 4.90 Å². The highest BCUT2D eigenvalue weighted by molar-refractivity contribution is 5.86. The van der Waals surface area contributed by atoms with Crippen LogP contribution in [0.25, 0.3) is 0 Å². The lowest BCUT2D eigenvalue weighted by atomic mass is 10.0. The summed E-state index contributed by atoms with van der Waals surface area (Å²) < 4.78 is 0. The molecule has 1 unspecified atom stereocenters. The summed E-state index contributed by atoms with van der Waals surface area (Å²) in [5, 5.41) is 11.3. The summed E-state index contributed by atoms with van der Waals surface area (Å²) in [5.74, 6) is -0.353. The molecular formula is C11H21N3O3. The lowest BCUT2D eigenvalue weighted by Crippen LogP contribution is -2.53. The molecule has 0 aliphatic heterocycles. The van der Waals surface area contributed by atoms with E-state index in [2.05, 4.69) is 11.9 Å². The Kier molecular flexibility index (Phi) is 6.97. The van der Waals surface area contributed by atoms with Gasteiger partial charge in [0.2, 0.25) is 5.91 Å². The van der Waals surface area contributed by atoms with Gasteiger partial charge in [-0.25, -0.2) is 4.79 Å². The Morgan fingerprint density at radius 2 is 2.12 bits per heavy atom. The minimum atomic E-state index is -0.736. The number of aliphatic hydroxyl groups is 1. The fourth-order valence-electron chi connectivity index (χ4n) is 1.43. The molecule has 0 fully saturated rings. The first-order chi connectivity index (χ1) is 7.93. The number of carbonyl (C=O) groups excluding carboxylic acids is 2. The van der Waals surface area contributed by atoms with Crippen molar-refractivity contribution in [2.45, 2.75) is 19.9 Å². The number of amides is 3. The van der Waals surface area contributed by atoms with Crippen LogP contribution in [0, 0.1) is 5.92 Å². The van der Waals surface area contributed by atoms with Crippen molar-refractivity contribution in [3.05, 3.63) is 12.7 Å². The summed E-state index contributed by atoms with van der Waals surface area (Å²) >= 11 is 0. The van der Waals surface area contributed by atoms with Gasteiger partial charge in [-0.3, -0.25) is 4.79 Å². The number of rotatable bonds is 7. The van der Waals surface area contributed by atoms with Crippen molar-refractivity contribution in [2.75, 3.05) is 19.7 Å². The molecule has 0 heterocycles. The van der Waals surface area contributed by atoms with Crippen molar-refractivity contribution in [2.24, 2.45) is 11.7 Å². The maximum atomic E-state index is 12.1. The molecule has 1 atom stereocenters. The van der Waals surface area contributed by atoms with Gasteiger partial charge in [0.1, 0.15) is 6.04 Å². The van der Waals surface area contributed by atoms with Crippen LogP contribution in [0.1, 0.15) is 13.8 Å². The number of carbonyl (C=O) groups is 2. The average molecular weight is 243 g/mol. The highest BCUT2D eigenvalue weighted by atomic mass is 16.3. The zero-order valence-electron chi connectivity index (χ0n) is 10.3. The number of nitrogens with zero attached hydrogens (tertiary/aromatic N) is 1. The van der Waals surface area contributed by atoms with Crippen LogP contribution in [0.15, 0.2) is 12.7 Å². The largest absolute Gasteiger partial charge is 0.395 e. The summed E-state index contributed by atoms with van der Waals surface area (Å²) in [7, 11) is 0. The molecule has 6 heteroatoms. The van der Waals surface area contributed by atoms with E-state index in [0.29, 0.717) is 6.54 Å². The smallest absolute Gasteiger partial charge is 0.312 e. The van der Waals surface area contributed by atoms with Gasteiger partial charge >= 0.3 is 6.03 Å². The monoisotopic (exact) mass is 243 g/mol. The molecule has 0 aliphatic carbocycles. The topological polar surface area (TPSA) is 95.7 Å². The van der Waals surface area contributed by atoms with Crippen LogP contribution in [-0.4, -0.2) is 47.7 Å². The molecule has 0 bridgehead atoms. The first kappa shape index (κ1) is 15.4. The third-order valence-corrected chi connectivity index (χ3v) is 2.26. The van der Waals surface area contributed by atoms with Gasteiger partial charge in [0.25, 0.3) is 0 Å².